The molecule has 2 N–H and O–H groups in total. The summed E-state index contributed by atoms with van der Waals surface area (Å²) in [5.74, 6) is 0.526. The topological polar surface area (TPSA) is 71.2 Å². The molecule has 0 radical (unpaired) electrons. The molecule has 1 fully saturated rings. The van der Waals surface area contributed by atoms with Crippen molar-refractivity contribution in [2.24, 2.45) is 10.7 Å². The van der Waals surface area contributed by atoms with Crippen molar-refractivity contribution in [3.05, 3.63) is 35.9 Å². The fourth-order valence-electron chi connectivity index (χ4n) is 2.30. The first-order chi connectivity index (χ1) is 10.8. The smallest absolute Gasteiger partial charge is 0.410 e. The second-order valence-electron chi connectivity index (χ2n) is 6.61. The van der Waals surface area contributed by atoms with Crippen LogP contribution < -0.4 is 5.73 Å². The van der Waals surface area contributed by atoms with Crippen LogP contribution in [-0.4, -0.2) is 53.6 Å². The van der Waals surface area contributed by atoms with Gasteiger partial charge in [-0.3, -0.25) is 0 Å². The van der Waals surface area contributed by atoms with Gasteiger partial charge in [-0.2, -0.15) is 0 Å². The van der Waals surface area contributed by atoms with Crippen LogP contribution in [0.15, 0.2) is 35.3 Å². The van der Waals surface area contributed by atoms with Gasteiger partial charge >= 0.3 is 6.09 Å². The van der Waals surface area contributed by atoms with Gasteiger partial charge in [-0.15, -0.1) is 24.0 Å². The summed E-state index contributed by atoms with van der Waals surface area (Å²) >= 11 is 0. The quantitative estimate of drug-likeness (QED) is 0.431. The predicted molar refractivity (Wildman–Crippen MR) is 107 cm³/mol. The maximum atomic E-state index is 12.0. The Kier molecular flexibility index (Phi) is 7.78. The van der Waals surface area contributed by atoms with Crippen LogP contribution in [0.25, 0.3) is 0 Å². The first-order valence-corrected chi connectivity index (χ1v) is 7.92. The minimum Gasteiger partial charge on any atom is -0.444 e. The minimum absolute atomic E-state index is 0. The summed E-state index contributed by atoms with van der Waals surface area (Å²) in [7, 11) is 0. The maximum absolute atomic E-state index is 12.0. The number of piperazine rings is 1. The zero-order chi connectivity index (χ0) is 16.9. The van der Waals surface area contributed by atoms with Gasteiger partial charge in [0.2, 0.25) is 0 Å². The van der Waals surface area contributed by atoms with Gasteiger partial charge in [0.1, 0.15) is 5.60 Å². The van der Waals surface area contributed by atoms with Gasteiger partial charge in [-0.05, 0) is 26.3 Å². The lowest BCUT2D eigenvalue weighted by Gasteiger charge is -2.36. The number of hydrogen-bond acceptors (Lipinski definition) is 3. The van der Waals surface area contributed by atoms with Gasteiger partial charge in [0.25, 0.3) is 0 Å². The Labute approximate surface area is 161 Å². The standard InChI is InChI=1S/C17H26N4O2.HI/c1-17(2,3)23-16(22)21-11-9-20(10-12-21)15(18)19-13-14-7-5-4-6-8-14;/h4-8H,9-13H2,1-3H3,(H2,18,19);1H. The number of hydrogen-bond donors (Lipinski definition) is 1. The van der Waals surface area contributed by atoms with Gasteiger partial charge in [-0.1, -0.05) is 30.3 Å². The Morgan fingerprint density at radius 3 is 2.21 bits per heavy atom. The molecule has 0 aliphatic carbocycles. The lowest BCUT2D eigenvalue weighted by atomic mass is 10.2. The van der Waals surface area contributed by atoms with Crippen LogP contribution in [-0.2, 0) is 11.3 Å². The normalized spacial score (nSPS) is 15.7. The Bertz CT molecular complexity index is 549. The second-order valence-corrected chi connectivity index (χ2v) is 6.61. The molecule has 1 aliphatic rings. The van der Waals surface area contributed by atoms with E-state index in [1.54, 1.807) is 4.90 Å². The molecule has 1 aliphatic heterocycles. The van der Waals surface area contributed by atoms with E-state index in [-0.39, 0.29) is 30.1 Å². The number of amides is 1. The predicted octanol–water partition coefficient (Wildman–Crippen LogP) is 2.67. The first-order valence-electron chi connectivity index (χ1n) is 7.92. The fourth-order valence-corrected chi connectivity index (χ4v) is 2.30. The number of rotatable bonds is 2. The van der Waals surface area contributed by atoms with Crippen molar-refractivity contribution in [2.45, 2.75) is 32.9 Å². The molecular weight excluding hydrogens is 419 g/mol. The van der Waals surface area contributed by atoms with E-state index in [2.05, 4.69) is 4.99 Å². The van der Waals surface area contributed by atoms with Crippen LogP contribution in [0.2, 0.25) is 0 Å². The lowest BCUT2D eigenvalue weighted by Crippen LogP contribution is -2.53. The number of halogens is 1. The summed E-state index contributed by atoms with van der Waals surface area (Å²) in [6.07, 6.45) is -0.267. The number of aliphatic imine (C=N–C) groups is 1. The molecular formula is C17H27IN4O2. The number of carbonyl (C=O) groups excluding carboxylic acids is 1. The van der Waals surface area contributed by atoms with Crippen molar-refractivity contribution in [3.63, 3.8) is 0 Å². The number of carbonyl (C=O) groups is 1. The van der Waals surface area contributed by atoms with Crippen LogP contribution in [0.1, 0.15) is 26.3 Å². The van der Waals surface area contributed by atoms with E-state index in [4.69, 9.17) is 10.5 Å². The summed E-state index contributed by atoms with van der Waals surface area (Å²) in [6, 6.07) is 10.0. The van der Waals surface area contributed by atoms with E-state index in [0.29, 0.717) is 38.7 Å². The third kappa shape index (κ3) is 6.54. The van der Waals surface area contributed by atoms with E-state index in [0.717, 1.165) is 5.56 Å². The number of benzene rings is 1. The Morgan fingerprint density at radius 1 is 1.12 bits per heavy atom. The molecule has 1 aromatic carbocycles. The molecule has 7 heteroatoms. The molecule has 6 nitrogen and oxygen atoms in total. The average Bonchev–Trinajstić information content (AvgIpc) is 2.52. The van der Waals surface area contributed by atoms with Crippen molar-refractivity contribution in [1.82, 2.24) is 9.80 Å². The molecule has 0 bridgehead atoms. The molecule has 24 heavy (non-hydrogen) atoms. The average molecular weight is 446 g/mol. The van der Waals surface area contributed by atoms with Crippen LogP contribution in [0.5, 0.6) is 0 Å². The van der Waals surface area contributed by atoms with E-state index in [1.165, 1.54) is 0 Å². The molecule has 134 valence electrons. The number of nitrogens with zero attached hydrogens (tertiary/aromatic N) is 3. The van der Waals surface area contributed by atoms with Crippen LogP contribution in [0, 0.1) is 0 Å². The third-order valence-corrected chi connectivity index (χ3v) is 3.52. The van der Waals surface area contributed by atoms with Gasteiger partial charge in [0.05, 0.1) is 6.54 Å². The molecule has 0 atom stereocenters. The Hall–Kier alpha value is -1.51. The second kappa shape index (κ2) is 9.10. The number of guanidine groups is 1. The maximum Gasteiger partial charge on any atom is 0.410 e. The molecule has 1 saturated heterocycles. The van der Waals surface area contributed by atoms with Crippen molar-refractivity contribution in [3.8, 4) is 0 Å². The SMILES string of the molecule is CC(C)(C)OC(=O)N1CCN(C(N)=NCc2ccccc2)CC1.I. The minimum atomic E-state index is -0.468. The van der Waals surface area contributed by atoms with Gasteiger partial charge in [0.15, 0.2) is 5.96 Å². The molecule has 1 heterocycles. The molecule has 1 amide bonds. The van der Waals surface area contributed by atoms with Crippen molar-refractivity contribution in [1.29, 1.82) is 0 Å². The lowest BCUT2D eigenvalue weighted by molar-refractivity contribution is 0.0186. The van der Waals surface area contributed by atoms with Gasteiger partial charge in [0, 0.05) is 26.2 Å². The summed E-state index contributed by atoms with van der Waals surface area (Å²) in [5.41, 5.74) is 6.72. The summed E-state index contributed by atoms with van der Waals surface area (Å²) in [5, 5.41) is 0. The zero-order valence-corrected chi connectivity index (χ0v) is 16.9. The summed E-state index contributed by atoms with van der Waals surface area (Å²) in [4.78, 5) is 20.2. The number of nitrogens with two attached hydrogens (primary N) is 1. The zero-order valence-electron chi connectivity index (χ0n) is 14.6. The van der Waals surface area contributed by atoms with E-state index in [1.807, 2.05) is 56.0 Å². The molecule has 2 rings (SSSR count). The Morgan fingerprint density at radius 2 is 1.67 bits per heavy atom. The molecule has 0 unspecified atom stereocenters. The highest BCUT2D eigenvalue weighted by Crippen LogP contribution is 2.12. The number of ether oxygens (including phenoxy) is 1. The Balaban J connectivity index is 0.00000288. The summed E-state index contributed by atoms with van der Waals surface area (Å²) in [6.45, 7) is 8.71. The summed E-state index contributed by atoms with van der Waals surface area (Å²) < 4.78 is 5.39. The molecule has 0 saturated carbocycles. The molecule has 0 aromatic heterocycles. The largest absolute Gasteiger partial charge is 0.444 e. The van der Waals surface area contributed by atoms with E-state index < -0.39 is 5.60 Å². The van der Waals surface area contributed by atoms with Crippen LogP contribution >= 0.6 is 24.0 Å². The van der Waals surface area contributed by atoms with E-state index in [9.17, 15) is 4.79 Å². The highest BCUT2D eigenvalue weighted by Gasteiger charge is 2.26. The molecule has 1 aromatic rings. The van der Waals surface area contributed by atoms with E-state index >= 15 is 0 Å². The molecule has 0 spiro atoms. The highest BCUT2D eigenvalue weighted by atomic mass is 127. The van der Waals surface area contributed by atoms with Crippen molar-refractivity contribution in [2.75, 3.05) is 26.2 Å². The van der Waals surface area contributed by atoms with Crippen LogP contribution in [0.3, 0.4) is 0 Å². The first kappa shape index (κ1) is 20.5. The van der Waals surface area contributed by atoms with Crippen molar-refractivity contribution >= 4 is 36.0 Å². The van der Waals surface area contributed by atoms with Crippen LogP contribution in [0.4, 0.5) is 4.79 Å². The van der Waals surface area contributed by atoms with Gasteiger partial charge in [-0.25, -0.2) is 9.79 Å². The third-order valence-electron chi connectivity index (χ3n) is 3.52. The van der Waals surface area contributed by atoms with Crippen molar-refractivity contribution < 1.29 is 9.53 Å². The van der Waals surface area contributed by atoms with Gasteiger partial charge < -0.3 is 20.3 Å². The monoisotopic (exact) mass is 446 g/mol. The fraction of sp³-hybridized carbons (Fsp3) is 0.529. The highest BCUT2D eigenvalue weighted by molar-refractivity contribution is 14.0.